The average Bonchev–Trinajstić information content (AvgIpc) is 1.59. The highest BCUT2D eigenvalue weighted by Gasteiger charge is 2.70. The van der Waals surface area contributed by atoms with Crippen LogP contribution in [0, 0.1) is 28.1 Å². The fourth-order valence-electron chi connectivity index (χ4n) is 16.3. The number of hydrogen-bond donors (Lipinski definition) is 20. The van der Waals surface area contributed by atoms with E-state index in [0.717, 1.165) is 0 Å². The van der Waals surface area contributed by atoms with Crippen LogP contribution < -0.4 is 0 Å². The van der Waals surface area contributed by atoms with E-state index in [2.05, 4.69) is 13.5 Å². The molecule has 2 bridgehead atoms. The molecular formula is C56H90O33. The predicted molar refractivity (Wildman–Crippen MR) is 284 cm³/mol. The number of ether oxygens (including phenoxy) is 12. The summed E-state index contributed by atoms with van der Waals surface area (Å²) in [5, 5.41) is 214. The van der Waals surface area contributed by atoms with E-state index < -0.39 is 258 Å². The number of fused-ring (bicyclic) bond motifs is 3. The molecule has 6 heterocycles. The molecule has 36 atom stereocenters. The molecule has 4 saturated carbocycles. The SMILES string of the molecule is C=C1C[C@@]23CCC4[C@](C)(C(=O)OC5OC(CO)C(O)C(OC6OC(CO)C(O)C(O)C6O)C5OC5OC(CO)C(O)C(O)C5O)CCC[C@@]4(C)[C@@H]2CCC1(OC1OC(COC2OC(CO)C(O)C(O)C2O)C(O)C(O)C1OC1OC(CO)C(O)C(O)C1O)C3. The van der Waals surface area contributed by atoms with Crippen LogP contribution in [0.25, 0.3) is 0 Å². The molecule has 1 spiro atoms. The topological polar surface area (TPSA) is 532 Å². The average molecular weight is 1290 g/mol. The van der Waals surface area contributed by atoms with Gasteiger partial charge in [-0.3, -0.25) is 4.79 Å². The highest BCUT2D eigenvalue weighted by molar-refractivity contribution is 5.77. The summed E-state index contributed by atoms with van der Waals surface area (Å²) < 4.78 is 72.1. The summed E-state index contributed by atoms with van der Waals surface area (Å²) in [6.07, 6.45) is -50.9. The largest absolute Gasteiger partial charge is 0.432 e. The summed E-state index contributed by atoms with van der Waals surface area (Å²) in [4.78, 5) is 15.4. The van der Waals surface area contributed by atoms with Gasteiger partial charge in [-0.2, -0.15) is 0 Å². The van der Waals surface area contributed by atoms with Crippen molar-refractivity contribution in [1.82, 2.24) is 0 Å². The third kappa shape index (κ3) is 12.4. The molecule has 33 heteroatoms. The van der Waals surface area contributed by atoms with E-state index in [1.807, 2.05) is 0 Å². The lowest BCUT2D eigenvalue weighted by molar-refractivity contribution is -0.389. The second kappa shape index (κ2) is 27.2. The first kappa shape index (κ1) is 69.8. The van der Waals surface area contributed by atoms with Gasteiger partial charge in [0.2, 0.25) is 6.29 Å². The number of esters is 1. The van der Waals surface area contributed by atoms with Gasteiger partial charge in [-0.25, -0.2) is 0 Å². The van der Waals surface area contributed by atoms with Gasteiger partial charge in [-0.05, 0) is 86.5 Å². The zero-order valence-corrected chi connectivity index (χ0v) is 49.0. The lowest BCUT2D eigenvalue weighted by atomic mass is 9.41. The third-order valence-electron chi connectivity index (χ3n) is 21.3. The van der Waals surface area contributed by atoms with Crippen LogP contribution in [0.4, 0.5) is 0 Å². The van der Waals surface area contributed by atoms with Crippen molar-refractivity contribution < 1.29 is 164 Å². The van der Waals surface area contributed by atoms with Crippen molar-refractivity contribution in [3.63, 3.8) is 0 Å². The fraction of sp³-hybridized carbons (Fsp3) is 0.946. The summed E-state index contributed by atoms with van der Waals surface area (Å²) in [6.45, 7) is 3.35. The maximum atomic E-state index is 15.4. The van der Waals surface area contributed by atoms with Crippen LogP contribution in [-0.4, -0.2) is 338 Å². The summed E-state index contributed by atoms with van der Waals surface area (Å²) in [5.74, 6) is -1.41. The number of aliphatic hydroxyl groups excluding tert-OH is 20. The first-order valence-electron chi connectivity index (χ1n) is 30.4. The van der Waals surface area contributed by atoms with Crippen molar-refractivity contribution in [3.8, 4) is 0 Å². The van der Waals surface area contributed by atoms with Crippen LogP contribution in [-0.2, 0) is 61.6 Å². The molecule has 32 unspecified atom stereocenters. The molecule has 6 saturated heterocycles. The Kier molecular flexibility index (Phi) is 21.4. The number of rotatable bonds is 18. The Labute approximate surface area is 509 Å². The van der Waals surface area contributed by atoms with E-state index in [4.69, 9.17) is 56.8 Å². The minimum atomic E-state index is -2.08. The molecule has 20 N–H and O–H groups in total. The monoisotopic (exact) mass is 1290 g/mol. The van der Waals surface area contributed by atoms with Crippen molar-refractivity contribution in [2.45, 2.75) is 261 Å². The van der Waals surface area contributed by atoms with E-state index in [1.165, 1.54) is 0 Å². The first-order valence-corrected chi connectivity index (χ1v) is 30.4. The van der Waals surface area contributed by atoms with Crippen molar-refractivity contribution in [2.24, 2.45) is 28.1 Å². The highest BCUT2D eigenvalue weighted by Crippen LogP contribution is 2.74. The van der Waals surface area contributed by atoms with Crippen molar-refractivity contribution in [3.05, 3.63) is 12.2 Å². The van der Waals surface area contributed by atoms with E-state index in [9.17, 15) is 102 Å². The smallest absolute Gasteiger partial charge is 0.314 e. The lowest BCUT2D eigenvalue weighted by Crippen LogP contribution is -2.67. The quantitative estimate of drug-likeness (QED) is 0.0344. The lowest BCUT2D eigenvalue weighted by Gasteiger charge is -2.64. The van der Waals surface area contributed by atoms with Crippen LogP contribution in [0.15, 0.2) is 12.2 Å². The fourth-order valence-corrected chi connectivity index (χ4v) is 16.3. The molecule has 89 heavy (non-hydrogen) atoms. The molecule has 512 valence electrons. The number of aliphatic hydroxyl groups is 20. The molecule has 0 aromatic rings. The molecule has 10 fully saturated rings. The van der Waals surface area contributed by atoms with Crippen LogP contribution in [0.5, 0.6) is 0 Å². The van der Waals surface area contributed by atoms with E-state index in [0.29, 0.717) is 50.5 Å². The summed E-state index contributed by atoms with van der Waals surface area (Å²) in [7, 11) is 0. The number of carbonyl (C=O) groups excluding carboxylic acids is 1. The van der Waals surface area contributed by atoms with Crippen LogP contribution in [0.1, 0.15) is 71.6 Å². The maximum Gasteiger partial charge on any atom is 0.314 e. The molecule has 0 radical (unpaired) electrons. The molecule has 0 aromatic carbocycles. The van der Waals surface area contributed by atoms with Gasteiger partial charge < -0.3 is 159 Å². The maximum absolute atomic E-state index is 15.4. The van der Waals surface area contributed by atoms with Gasteiger partial charge in [0.1, 0.15) is 140 Å². The van der Waals surface area contributed by atoms with Gasteiger partial charge in [0, 0.05) is 0 Å². The van der Waals surface area contributed by atoms with Gasteiger partial charge >= 0.3 is 5.97 Å². The van der Waals surface area contributed by atoms with Crippen LogP contribution in [0.3, 0.4) is 0 Å². The minimum absolute atomic E-state index is 0.142. The molecule has 10 aliphatic rings. The number of carbonyl (C=O) groups is 1. The molecule has 4 aliphatic carbocycles. The normalized spacial score (nSPS) is 54.5. The van der Waals surface area contributed by atoms with Gasteiger partial charge in [0.05, 0.1) is 50.7 Å². The van der Waals surface area contributed by atoms with Crippen molar-refractivity contribution >= 4 is 5.97 Å². The van der Waals surface area contributed by atoms with E-state index in [1.54, 1.807) is 6.92 Å². The van der Waals surface area contributed by atoms with Crippen LogP contribution in [0.2, 0.25) is 0 Å². The van der Waals surface area contributed by atoms with Gasteiger partial charge in [0.25, 0.3) is 0 Å². The van der Waals surface area contributed by atoms with E-state index >= 15 is 4.79 Å². The first-order chi connectivity index (χ1) is 42.1. The Morgan fingerprint density at radius 3 is 1.37 bits per heavy atom. The second-order valence-corrected chi connectivity index (χ2v) is 26.5. The Hall–Kier alpha value is -2.03. The van der Waals surface area contributed by atoms with Crippen molar-refractivity contribution in [1.29, 1.82) is 0 Å². The zero-order chi connectivity index (χ0) is 64.7. The molecule has 10 rings (SSSR count). The second-order valence-electron chi connectivity index (χ2n) is 26.5. The Morgan fingerprint density at radius 1 is 0.449 bits per heavy atom. The summed E-state index contributed by atoms with van der Waals surface area (Å²) in [6, 6.07) is 0. The molecule has 0 aromatic heterocycles. The third-order valence-corrected chi connectivity index (χ3v) is 21.3. The predicted octanol–water partition coefficient (Wildman–Crippen LogP) is -9.47. The minimum Gasteiger partial charge on any atom is -0.432 e. The van der Waals surface area contributed by atoms with Gasteiger partial charge in [0.15, 0.2) is 37.6 Å². The molecule has 6 aliphatic heterocycles. The standard InChI is InChI=1S/C56H90O33/c1-19-11-55-9-5-26-53(2,7-4-8-54(26,3)52(77)88-50-45(87-49-42(76)37(71)31(65)23(15-60)82-49)43(33(67)24(16-61)83-50)85-47-40(74)35(69)29(63)21(13-58)80-47)27(55)6-10-56(19,18-55)89-51-44(86-48-41(75)36(70)30(64)22(14-59)81-48)38(72)32(66)25(84-51)17-78-46-39(73)34(68)28(62)20(12-57)79-46/h20-51,57-76H,1,4-18H2,2-3H3/t20?,21?,22?,23?,24?,25?,26?,27-,28?,29?,30?,31?,32?,33?,34?,35?,36?,37?,38?,39?,40?,41?,42?,43?,44?,45?,46?,47?,48?,49?,50?,51?,53+,54+,55+,56?/m0/s1. The van der Waals surface area contributed by atoms with Crippen LogP contribution >= 0.6 is 0 Å². The van der Waals surface area contributed by atoms with E-state index in [-0.39, 0.29) is 18.8 Å². The number of hydrogen-bond acceptors (Lipinski definition) is 33. The van der Waals surface area contributed by atoms with Gasteiger partial charge in [-0.1, -0.05) is 19.9 Å². The Morgan fingerprint density at radius 2 is 0.865 bits per heavy atom. The Balaban J connectivity index is 0.902. The molecule has 33 nitrogen and oxygen atoms in total. The zero-order valence-electron chi connectivity index (χ0n) is 49.0. The van der Waals surface area contributed by atoms with Crippen molar-refractivity contribution in [2.75, 3.05) is 39.6 Å². The Bertz CT molecular complexity index is 2390. The molecular weight excluding hydrogens is 1200 g/mol. The highest BCUT2D eigenvalue weighted by atomic mass is 16.8. The van der Waals surface area contributed by atoms with Gasteiger partial charge in [-0.15, -0.1) is 0 Å². The summed E-state index contributed by atoms with van der Waals surface area (Å²) >= 11 is 0. The summed E-state index contributed by atoms with van der Waals surface area (Å²) in [5.41, 5.74) is -3.17. The molecule has 0 amide bonds.